The van der Waals surface area contributed by atoms with Gasteiger partial charge >= 0.3 is 0 Å². The van der Waals surface area contributed by atoms with E-state index in [1.165, 1.54) is 0 Å². The van der Waals surface area contributed by atoms with Gasteiger partial charge in [-0.05, 0) is 11.8 Å². The van der Waals surface area contributed by atoms with Crippen molar-refractivity contribution >= 4 is 0 Å². The highest BCUT2D eigenvalue weighted by molar-refractivity contribution is 5.11. The molecule has 0 aromatic carbocycles. The van der Waals surface area contributed by atoms with Gasteiger partial charge in [0.1, 0.15) is 0 Å². The highest BCUT2D eigenvalue weighted by atomic mass is 16.3. The molecule has 10 heavy (non-hydrogen) atoms. The molecular weight excluding hydrogens is 126 g/mol. The summed E-state index contributed by atoms with van der Waals surface area (Å²) in [6.45, 7) is 5.25. The zero-order chi connectivity index (χ0) is 7.83. The van der Waals surface area contributed by atoms with E-state index in [2.05, 4.69) is 13.8 Å². The molecule has 1 aliphatic rings. The molecule has 0 radical (unpaired) electrons. The normalized spacial score (nSPS) is 45.6. The van der Waals surface area contributed by atoms with Crippen molar-refractivity contribution in [3.63, 3.8) is 0 Å². The number of aliphatic hydroxyl groups is 1. The van der Waals surface area contributed by atoms with E-state index in [1.54, 1.807) is 0 Å². The zero-order valence-electron chi connectivity index (χ0n) is 6.85. The first kappa shape index (κ1) is 8.02. The summed E-state index contributed by atoms with van der Waals surface area (Å²) in [5.41, 5.74) is 5.97. The van der Waals surface area contributed by atoms with Crippen LogP contribution in [0.25, 0.3) is 0 Å². The Morgan fingerprint density at radius 2 is 2.20 bits per heavy atom. The monoisotopic (exact) mass is 143 g/mol. The number of aliphatic hydroxyl groups excluding tert-OH is 1. The minimum absolute atomic E-state index is 0.0712. The first-order valence-electron chi connectivity index (χ1n) is 3.95. The molecule has 0 aromatic rings. The first-order chi connectivity index (χ1) is 4.64. The summed E-state index contributed by atoms with van der Waals surface area (Å²) in [7, 11) is 0. The molecule has 3 N–H and O–H groups in total. The first-order valence-corrected chi connectivity index (χ1v) is 3.95. The van der Waals surface area contributed by atoms with Gasteiger partial charge in [-0.3, -0.25) is 0 Å². The van der Waals surface area contributed by atoms with E-state index in [0.717, 1.165) is 12.8 Å². The van der Waals surface area contributed by atoms with Gasteiger partial charge in [0.2, 0.25) is 0 Å². The van der Waals surface area contributed by atoms with Crippen LogP contribution in [0.5, 0.6) is 0 Å². The second kappa shape index (κ2) is 2.21. The molecule has 1 aliphatic carbocycles. The van der Waals surface area contributed by atoms with Gasteiger partial charge in [0, 0.05) is 12.0 Å². The molecule has 0 spiro atoms. The van der Waals surface area contributed by atoms with Crippen LogP contribution in [-0.2, 0) is 0 Å². The Kier molecular flexibility index (Phi) is 1.77. The van der Waals surface area contributed by atoms with E-state index in [9.17, 15) is 0 Å². The average molecular weight is 143 g/mol. The van der Waals surface area contributed by atoms with Crippen molar-refractivity contribution in [3.8, 4) is 0 Å². The molecule has 0 saturated heterocycles. The number of hydrogen-bond donors (Lipinski definition) is 2. The van der Waals surface area contributed by atoms with Gasteiger partial charge in [-0.2, -0.15) is 0 Å². The van der Waals surface area contributed by atoms with Crippen LogP contribution in [0.3, 0.4) is 0 Å². The van der Waals surface area contributed by atoms with Crippen LogP contribution < -0.4 is 5.73 Å². The fourth-order valence-electron chi connectivity index (χ4n) is 1.83. The molecule has 2 nitrogen and oxygen atoms in total. The summed E-state index contributed by atoms with van der Waals surface area (Å²) >= 11 is 0. The maximum atomic E-state index is 9.04. The summed E-state index contributed by atoms with van der Waals surface area (Å²) in [5.74, 6) is 0. The molecule has 0 aliphatic heterocycles. The molecule has 0 amide bonds. The summed E-state index contributed by atoms with van der Waals surface area (Å²) < 4.78 is 0. The van der Waals surface area contributed by atoms with Crippen molar-refractivity contribution in [2.45, 2.75) is 26.7 Å². The van der Waals surface area contributed by atoms with Gasteiger partial charge in [0.05, 0.1) is 6.61 Å². The third-order valence-electron chi connectivity index (χ3n) is 3.36. The van der Waals surface area contributed by atoms with Crippen LogP contribution in [-0.4, -0.2) is 18.3 Å². The van der Waals surface area contributed by atoms with Crippen LogP contribution in [0, 0.1) is 10.8 Å². The van der Waals surface area contributed by atoms with E-state index < -0.39 is 0 Å². The lowest BCUT2D eigenvalue weighted by Crippen LogP contribution is -2.25. The van der Waals surface area contributed by atoms with Crippen molar-refractivity contribution in [1.29, 1.82) is 0 Å². The summed E-state index contributed by atoms with van der Waals surface area (Å²) in [6.07, 6.45) is 2.23. The van der Waals surface area contributed by atoms with E-state index in [0.29, 0.717) is 12.0 Å². The smallest absolute Gasteiger partial charge is 0.0504 e. The van der Waals surface area contributed by atoms with E-state index in [-0.39, 0.29) is 12.0 Å². The van der Waals surface area contributed by atoms with Gasteiger partial charge in [-0.15, -0.1) is 0 Å². The fourth-order valence-corrected chi connectivity index (χ4v) is 1.83. The third-order valence-corrected chi connectivity index (χ3v) is 3.36. The Bertz CT molecular complexity index is 131. The standard InChI is InChI=1S/C8H17NO/c1-3-7(2)4-8(7,5-9)6-10/h10H,3-6,9H2,1-2H3. The largest absolute Gasteiger partial charge is 0.396 e. The predicted molar refractivity (Wildman–Crippen MR) is 41.6 cm³/mol. The van der Waals surface area contributed by atoms with E-state index in [1.807, 2.05) is 0 Å². The molecule has 1 rings (SSSR count). The minimum Gasteiger partial charge on any atom is -0.396 e. The van der Waals surface area contributed by atoms with Gasteiger partial charge in [0.25, 0.3) is 0 Å². The second-order valence-electron chi connectivity index (χ2n) is 3.73. The fraction of sp³-hybridized carbons (Fsp3) is 1.00. The SMILES string of the molecule is CCC1(C)CC1(CN)CO. The van der Waals surface area contributed by atoms with Crippen molar-refractivity contribution < 1.29 is 5.11 Å². The summed E-state index contributed by atoms with van der Waals surface area (Å²) in [4.78, 5) is 0. The highest BCUT2D eigenvalue weighted by Gasteiger charge is 2.61. The Labute approximate surface area is 62.4 Å². The van der Waals surface area contributed by atoms with Crippen molar-refractivity contribution in [3.05, 3.63) is 0 Å². The Hall–Kier alpha value is -0.0800. The minimum atomic E-state index is 0.0712. The lowest BCUT2D eigenvalue weighted by Gasteiger charge is -2.16. The molecule has 0 heterocycles. The van der Waals surface area contributed by atoms with Crippen LogP contribution in [0.1, 0.15) is 26.7 Å². The molecule has 0 bridgehead atoms. The lowest BCUT2D eigenvalue weighted by molar-refractivity contribution is 0.179. The van der Waals surface area contributed by atoms with Gasteiger partial charge in [-0.25, -0.2) is 0 Å². The Morgan fingerprint density at radius 1 is 1.60 bits per heavy atom. The van der Waals surface area contributed by atoms with Crippen LogP contribution in [0.15, 0.2) is 0 Å². The molecule has 0 aromatic heterocycles. The number of rotatable bonds is 3. The van der Waals surface area contributed by atoms with E-state index in [4.69, 9.17) is 10.8 Å². The quantitative estimate of drug-likeness (QED) is 0.612. The third kappa shape index (κ3) is 0.789. The zero-order valence-corrected chi connectivity index (χ0v) is 6.85. The maximum absolute atomic E-state index is 9.04. The molecule has 2 heteroatoms. The van der Waals surface area contributed by atoms with Crippen molar-refractivity contribution in [2.75, 3.05) is 13.2 Å². The molecule has 1 saturated carbocycles. The van der Waals surface area contributed by atoms with Gasteiger partial charge in [0.15, 0.2) is 0 Å². The Morgan fingerprint density at radius 3 is 2.30 bits per heavy atom. The molecule has 2 atom stereocenters. The second-order valence-corrected chi connectivity index (χ2v) is 3.73. The van der Waals surface area contributed by atoms with Gasteiger partial charge in [-0.1, -0.05) is 20.3 Å². The number of nitrogens with two attached hydrogens (primary N) is 1. The van der Waals surface area contributed by atoms with Crippen LogP contribution in [0.2, 0.25) is 0 Å². The van der Waals surface area contributed by atoms with Crippen molar-refractivity contribution in [1.82, 2.24) is 0 Å². The molecule has 60 valence electrons. The lowest BCUT2D eigenvalue weighted by atomic mass is 9.93. The summed E-state index contributed by atoms with van der Waals surface area (Å²) in [6, 6.07) is 0. The molecule has 2 unspecified atom stereocenters. The Balaban J connectivity index is 2.59. The predicted octanol–water partition coefficient (Wildman–Crippen LogP) is 0.744. The summed E-state index contributed by atoms with van der Waals surface area (Å²) in [5, 5.41) is 9.04. The molecule has 1 fully saturated rings. The van der Waals surface area contributed by atoms with E-state index >= 15 is 0 Å². The van der Waals surface area contributed by atoms with Crippen LogP contribution >= 0.6 is 0 Å². The average Bonchev–Trinajstić information content (AvgIpc) is 2.59. The van der Waals surface area contributed by atoms with Crippen LogP contribution in [0.4, 0.5) is 0 Å². The topological polar surface area (TPSA) is 46.2 Å². The molecular formula is C8H17NO. The number of hydrogen-bond acceptors (Lipinski definition) is 2. The maximum Gasteiger partial charge on any atom is 0.0504 e. The highest BCUT2D eigenvalue weighted by Crippen LogP contribution is 2.64. The van der Waals surface area contributed by atoms with Gasteiger partial charge < -0.3 is 10.8 Å². The van der Waals surface area contributed by atoms with Crippen molar-refractivity contribution in [2.24, 2.45) is 16.6 Å².